The van der Waals surface area contributed by atoms with E-state index >= 15 is 0 Å². The number of hydrogen-bond acceptors (Lipinski definition) is 4. The summed E-state index contributed by atoms with van der Waals surface area (Å²) in [6.45, 7) is -1.24. The second-order valence-electron chi connectivity index (χ2n) is 9.69. The van der Waals surface area contributed by atoms with E-state index < -0.39 is 37.0 Å². The number of ether oxygens (including phenoxy) is 2. The fourth-order valence-corrected chi connectivity index (χ4v) is 4.40. The highest BCUT2D eigenvalue weighted by atomic mass is 16.6. The van der Waals surface area contributed by atoms with Crippen LogP contribution in [0.4, 0.5) is 4.79 Å². The highest BCUT2D eigenvalue weighted by Gasteiger charge is 2.41. The largest absolute Gasteiger partial charge is 0.493 e. The first-order valence-corrected chi connectivity index (χ1v) is 10.4. The van der Waals surface area contributed by atoms with Crippen LogP contribution in [0.2, 0.25) is 0 Å². The van der Waals surface area contributed by atoms with Crippen LogP contribution in [0, 0.1) is 11.3 Å². The molecule has 0 spiro atoms. The molecular formula is C24H37NO4. The molecule has 4 rings (SSSR count). The van der Waals surface area contributed by atoms with Gasteiger partial charge in [0.05, 0.1) is 18.2 Å². The van der Waals surface area contributed by atoms with Gasteiger partial charge in [-0.1, -0.05) is 12.1 Å². The van der Waals surface area contributed by atoms with Gasteiger partial charge in [-0.25, -0.2) is 4.79 Å². The monoisotopic (exact) mass is 409 g/mol. The van der Waals surface area contributed by atoms with E-state index in [0.29, 0.717) is 12.4 Å². The van der Waals surface area contributed by atoms with Gasteiger partial charge in [-0.15, -0.1) is 0 Å². The number of aliphatic hydroxyl groups is 1. The van der Waals surface area contributed by atoms with Crippen LogP contribution in [0.3, 0.4) is 0 Å². The summed E-state index contributed by atoms with van der Waals surface area (Å²) in [7, 11) is 0. The summed E-state index contributed by atoms with van der Waals surface area (Å²) in [6.07, 6.45) is 6.14. The molecule has 1 aromatic carbocycles. The molecule has 2 N–H and O–H groups in total. The van der Waals surface area contributed by atoms with Crippen LogP contribution >= 0.6 is 0 Å². The van der Waals surface area contributed by atoms with E-state index in [-0.39, 0.29) is 11.0 Å². The first kappa shape index (κ1) is 15.1. The molecule has 0 aliphatic heterocycles. The van der Waals surface area contributed by atoms with Crippen molar-refractivity contribution in [2.45, 2.75) is 90.2 Å². The summed E-state index contributed by atoms with van der Waals surface area (Å²) in [4.78, 5) is 12.5. The molecule has 1 aromatic rings. The van der Waals surface area contributed by atoms with E-state index in [4.69, 9.17) is 17.7 Å². The predicted molar refractivity (Wildman–Crippen MR) is 114 cm³/mol. The normalized spacial score (nSPS) is 29.3. The maximum absolute atomic E-state index is 12.5. The van der Waals surface area contributed by atoms with Gasteiger partial charge >= 0.3 is 6.09 Å². The lowest BCUT2D eigenvalue weighted by molar-refractivity contribution is 0.0160. The van der Waals surface area contributed by atoms with Crippen molar-refractivity contribution in [3.63, 3.8) is 0 Å². The number of carbonyl (C=O) groups is 1. The Morgan fingerprint density at radius 2 is 1.79 bits per heavy atom. The Kier molecular flexibility index (Phi) is 4.26. The van der Waals surface area contributed by atoms with Gasteiger partial charge in [-0.05, 0) is 96.6 Å². The van der Waals surface area contributed by atoms with Crippen LogP contribution in [0.25, 0.3) is 0 Å². The van der Waals surface area contributed by atoms with E-state index in [1.54, 1.807) is 32.9 Å². The molecule has 1 atom stereocenters. The summed E-state index contributed by atoms with van der Waals surface area (Å²) in [6, 6.07) is 4.34. The van der Waals surface area contributed by atoms with Gasteiger partial charge in [-0.2, -0.15) is 0 Å². The molecule has 3 fully saturated rings. The van der Waals surface area contributed by atoms with Gasteiger partial charge in [0.1, 0.15) is 11.4 Å². The van der Waals surface area contributed by atoms with E-state index in [2.05, 4.69) is 5.32 Å². The number of amides is 1. The van der Waals surface area contributed by atoms with Gasteiger partial charge in [0.25, 0.3) is 0 Å². The molecule has 29 heavy (non-hydrogen) atoms. The van der Waals surface area contributed by atoms with Crippen molar-refractivity contribution in [2.24, 2.45) is 11.3 Å². The van der Waals surface area contributed by atoms with Crippen LogP contribution < -0.4 is 10.1 Å². The third kappa shape index (κ3) is 5.88. The molecule has 1 unspecified atom stereocenters. The molecule has 3 saturated carbocycles. The summed E-state index contributed by atoms with van der Waals surface area (Å²) < 4.78 is 58.2. The van der Waals surface area contributed by atoms with Crippen molar-refractivity contribution in [3.05, 3.63) is 29.8 Å². The Hall–Kier alpha value is -1.75. The average Bonchev–Trinajstić information content (AvgIpc) is 2.74. The number of rotatable bonds is 6. The average molecular weight is 410 g/mol. The number of nitrogens with one attached hydrogen (secondary N) is 1. The Morgan fingerprint density at radius 1 is 1.21 bits per heavy atom. The standard InChI is InChI=1S/C24H37NO4/c1-22(2,3)29-21(26)25-20(23(4,5)27)18-6-8-19(9-7-18)28-16-24-13-10-17(11-14-24)12-15-24/h6-9,17,20,27H,10-16H2,1-5H3,(H,25,26)/i4D3,5D3. The Balaban J connectivity index is 1.85. The molecule has 0 aromatic heterocycles. The first-order chi connectivity index (χ1) is 16.0. The zero-order valence-electron chi connectivity index (χ0n) is 23.6. The Bertz CT molecular complexity index is 855. The minimum absolute atomic E-state index is 0.106. The minimum Gasteiger partial charge on any atom is -0.493 e. The lowest BCUT2D eigenvalue weighted by Gasteiger charge is -2.46. The zero-order chi connectivity index (χ0) is 26.3. The van der Waals surface area contributed by atoms with Crippen molar-refractivity contribution in [2.75, 3.05) is 6.61 Å². The van der Waals surface area contributed by atoms with E-state index in [1.807, 2.05) is 0 Å². The van der Waals surface area contributed by atoms with Gasteiger partial charge in [0.15, 0.2) is 0 Å². The number of carbonyl (C=O) groups excluding carboxylic acids is 1. The van der Waals surface area contributed by atoms with Crippen molar-refractivity contribution in [3.8, 4) is 5.75 Å². The molecule has 5 heteroatoms. The molecule has 162 valence electrons. The minimum atomic E-state index is -3.34. The zero-order valence-corrected chi connectivity index (χ0v) is 17.6. The summed E-state index contributed by atoms with van der Waals surface area (Å²) >= 11 is 0. The molecule has 0 heterocycles. The number of fused-ring (bicyclic) bond motifs is 3. The fraction of sp³-hybridized carbons (Fsp3) is 0.708. The summed E-state index contributed by atoms with van der Waals surface area (Å²) in [5.41, 5.74) is -3.88. The SMILES string of the molecule is [2H]C([2H])([2H])C(O)(C(NC(=O)OC(C)(C)C)c1ccc(OCC23CCC(CC2)CC3)cc1)C([2H])([2H])[2H]. The number of benzene rings is 1. The van der Waals surface area contributed by atoms with E-state index in [0.717, 1.165) is 25.2 Å². The molecule has 2 bridgehead atoms. The quantitative estimate of drug-likeness (QED) is 0.662. The summed E-state index contributed by atoms with van der Waals surface area (Å²) in [5, 5.41) is 13.4. The third-order valence-corrected chi connectivity index (χ3v) is 6.09. The summed E-state index contributed by atoms with van der Waals surface area (Å²) in [5.74, 6) is 1.40. The molecule has 0 saturated heterocycles. The van der Waals surface area contributed by atoms with E-state index in [9.17, 15) is 9.90 Å². The third-order valence-electron chi connectivity index (χ3n) is 6.09. The van der Waals surface area contributed by atoms with Crippen LogP contribution in [-0.2, 0) is 4.74 Å². The Labute approximate surface area is 183 Å². The number of alkyl carbamates (subject to hydrolysis) is 1. The smallest absolute Gasteiger partial charge is 0.408 e. The lowest BCUT2D eigenvalue weighted by Crippen LogP contribution is -2.44. The van der Waals surface area contributed by atoms with Gasteiger partial charge < -0.3 is 19.9 Å². The van der Waals surface area contributed by atoms with Gasteiger partial charge in [0.2, 0.25) is 0 Å². The molecular weight excluding hydrogens is 366 g/mol. The van der Waals surface area contributed by atoms with Crippen LogP contribution in [0.5, 0.6) is 5.75 Å². The maximum Gasteiger partial charge on any atom is 0.408 e. The fourth-order valence-electron chi connectivity index (χ4n) is 4.40. The maximum atomic E-state index is 12.5. The van der Waals surface area contributed by atoms with Crippen LogP contribution in [0.1, 0.15) is 92.8 Å². The molecule has 5 nitrogen and oxygen atoms in total. The van der Waals surface area contributed by atoms with E-state index in [1.165, 1.54) is 31.4 Å². The molecule has 3 aliphatic carbocycles. The van der Waals surface area contributed by atoms with Crippen molar-refractivity contribution >= 4 is 6.09 Å². The van der Waals surface area contributed by atoms with Crippen molar-refractivity contribution < 1.29 is 27.6 Å². The van der Waals surface area contributed by atoms with Crippen molar-refractivity contribution in [1.82, 2.24) is 5.32 Å². The topological polar surface area (TPSA) is 67.8 Å². The molecule has 0 radical (unpaired) electrons. The predicted octanol–water partition coefficient (Wildman–Crippen LogP) is 5.37. The second-order valence-corrected chi connectivity index (χ2v) is 9.69. The van der Waals surface area contributed by atoms with Gasteiger partial charge in [-0.3, -0.25) is 0 Å². The van der Waals surface area contributed by atoms with Crippen LogP contribution in [-0.4, -0.2) is 29.0 Å². The highest BCUT2D eigenvalue weighted by Crippen LogP contribution is 2.50. The van der Waals surface area contributed by atoms with Crippen molar-refractivity contribution in [1.29, 1.82) is 0 Å². The highest BCUT2D eigenvalue weighted by molar-refractivity contribution is 5.68. The van der Waals surface area contributed by atoms with Gasteiger partial charge in [0, 0.05) is 13.6 Å². The Morgan fingerprint density at radius 3 is 2.31 bits per heavy atom. The van der Waals surface area contributed by atoms with Crippen LogP contribution in [0.15, 0.2) is 24.3 Å². The second kappa shape index (κ2) is 8.17. The molecule has 3 aliphatic rings. The molecule has 1 amide bonds. The lowest BCUT2D eigenvalue weighted by atomic mass is 9.61. The number of hydrogen-bond donors (Lipinski definition) is 2. The first-order valence-electron chi connectivity index (χ1n) is 13.4.